The lowest BCUT2D eigenvalue weighted by molar-refractivity contribution is -0.384. The molecule has 0 spiro atoms. The first-order valence-electron chi connectivity index (χ1n) is 5.49. The molecule has 2 aromatic heterocycles. The Labute approximate surface area is 114 Å². The Kier molecular flexibility index (Phi) is 3.91. The van der Waals surface area contributed by atoms with Gasteiger partial charge in [-0.2, -0.15) is 0 Å². The minimum atomic E-state index is -0.445. The van der Waals surface area contributed by atoms with Gasteiger partial charge in [0.2, 0.25) is 5.82 Å². The molecular weight excluding hydrogens is 268 g/mol. The molecule has 98 valence electrons. The van der Waals surface area contributed by atoms with E-state index in [1.807, 2.05) is 6.07 Å². The van der Waals surface area contributed by atoms with Gasteiger partial charge >= 0.3 is 5.69 Å². The molecule has 0 saturated carbocycles. The van der Waals surface area contributed by atoms with Crippen molar-refractivity contribution in [1.29, 1.82) is 0 Å². The molecule has 6 nitrogen and oxygen atoms in total. The van der Waals surface area contributed by atoms with Crippen LogP contribution in [0.1, 0.15) is 5.56 Å². The summed E-state index contributed by atoms with van der Waals surface area (Å²) in [5.74, 6) is 0.322. The number of anilines is 1. The third-order valence-corrected chi connectivity index (χ3v) is 2.76. The van der Waals surface area contributed by atoms with Crippen LogP contribution in [0.2, 0.25) is 5.15 Å². The van der Waals surface area contributed by atoms with E-state index < -0.39 is 4.92 Å². The topological polar surface area (TPSA) is 72.2 Å². The molecule has 7 heteroatoms. The van der Waals surface area contributed by atoms with Gasteiger partial charge in [0, 0.05) is 32.1 Å². The van der Waals surface area contributed by atoms with E-state index in [-0.39, 0.29) is 5.69 Å². The molecule has 2 heterocycles. The molecule has 0 N–H and O–H groups in total. The van der Waals surface area contributed by atoms with Crippen LogP contribution in [0.4, 0.5) is 11.5 Å². The fourth-order valence-electron chi connectivity index (χ4n) is 1.67. The average molecular weight is 279 g/mol. The van der Waals surface area contributed by atoms with Crippen LogP contribution in [0.25, 0.3) is 0 Å². The van der Waals surface area contributed by atoms with Crippen LogP contribution in [0.5, 0.6) is 0 Å². The summed E-state index contributed by atoms with van der Waals surface area (Å²) in [6.07, 6.45) is 3.16. The zero-order valence-electron chi connectivity index (χ0n) is 10.2. The van der Waals surface area contributed by atoms with Gasteiger partial charge in [-0.25, -0.2) is 9.97 Å². The lowest BCUT2D eigenvalue weighted by Crippen LogP contribution is -2.19. The highest BCUT2D eigenvalue weighted by atomic mass is 35.5. The fraction of sp³-hybridized carbons (Fsp3) is 0.167. The first kappa shape index (κ1) is 13.2. The molecule has 0 radical (unpaired) electrons. The Morgan fingerprint density at radius 1 is 1.37 bits per heavy atom. The SMILES string of the molecule is CN(Cc1ccc(Cl)nc1)c1ncccc1[N+](=O)[O-]. The molecule has 0 aliphatic heterocycles. The number of hydrogen-bond donors (Lipinski definition) is 0. The minimum Gasteiger partial charge on any atom is -0.350 e. The average Bonchev–Trinajstić information content (AvgIpc) is 2.41. The zero-order chi connectivity index (χ0) is 13.8. The third kappa shape index (κ3) is 3.17. The van der Waals surface area contributed by atoms with Gasteiger partial charge in [0.05, 0.1) is 4.92 Å². The van der Waals surface area contributed by atoms with E-state index in [9.17, 15) is 10.1 Å². The predicted molar refractivity (Wildman–Crippen MR) is 72.2 cm³/mol. The number of nitro groups is 1. The Morgan fingerprint density at radius 2 is 2.16 bits per heavy atom. The minimum absolute atomic E-state index is 0.0214. The normalized spacial score (nSPS) is 10.2. The number of hydrogen-bond acceptors (Lipinski definition) is 5. The van der Waals surface area contributed by atoms with E-state index >= 15 is 0 Å². The molecule has 0 atom stereocenters. The smallest absolute Gasteiger partial charge is 0.311 e. The highest BCUT2D eigenvalue weighted by Crippen LogP contribution is 2.24. The summed E-state index contributed by atoms with van der Waals surface area (Å²) in [6.45, 7) is 0.460. The van der Waals surface area contributed by atoms with Crippen LogP contribution < -0.4 is 4.90 Å². The van der Waals surface area contributed by atoms with E-state index in [1.165, 1.54) is 12.3 Å². The van der Waals surface area contributed by atoms with Crippen molar-refractivity contribution in [2.45, 2.75) is 6.54 Å². The zero-order valence-corrected chi connectivity index (χ0v) is 10.9. The second-order valence-electron chi connectivity index (χ2n) is 3.95. The Balaban J connectivity index is 2.22. The molecule has 19 heavy (non-hydrogen) atoms. The van der Waals surface area contributed by atoms with Crippen LogP contribution in [0, 0.1) is 10.1 Å². The Bertz CT molecular complexity index is 589. The van der Waals surface area contributed by atoms with Crippen LogP contribution in [-0.2, 0) is 6.54 Å². The summed E-state index contributed by atoms with van der Waals surface area (Å²) in [7, 11) is 1.74. The van der Waals surface area contributed by atoms with Crippen molar-refractivity contribution in [2.24, 2.45) is 0 Å². The largest absolute Gasteiger partial charge is 0.350 e. The standard InChI is InChI=1S/C12H11ClN4O2/c1-16(8-9-4-5-11(13)15-7-9)12-10(17(18)19)3-2-6-14-12/h2-7H,8H2,1H3. The van der Waals surface area contributed by atoms with Crippen molar-refractivity contribution in [2.75, 3.05) is 11.9 Å². The number of rotatable bonds is 4. The van der Waals surface area contributed by atoms with Crippen molar-refractivity contribution < 1.29 is 4.92 Å². The molecule has 0 fully saturated rings. The van der Waals surface area contributed by atoms with Crippen LogP contribution in [0.3, 0.4) is 0 Å². The molecule has 2 rings (SSSR count). The second kappa shape index (κ2) is 5.62. The van der Waals surface area contributed by atoms with Gasteiger partial charge in [0.15, 0.2) is 0 Å². The lowest BCUT2D eigenvalue weighted by atomic mass is 10.2. The third-order valence-electron chi connectivity index (χ3n) is 2.53. The van der Waals surface area contributed by atoms with Gasteiger partial charge in [-0.3, -0.25) is 10.1 Å². The first-order chi connectivity index (χ1) is 9.08. The van der Waals surface area contributed by atoms with E-state index in [0.29, 0.717) is 17.5 Å². The Morgan fingerprint density at radius 3 is 2.79 bits per heavy atom. The van der Waals surface area contributed by atoms with Gasteiger partial charge in [-0.05, 0) is 17.7 Å². The summed E-state index contributed by atoms with van der Waals surface area (Å²) >= 11 is 5.71. The quantitative estimate of drug-likeness (QED) is 0.488. The van der Waals surface area contributed by atoms with Crippen molar-refractivity contribution in [1.82, 2.24) is 9.97 Å². The molecule has 0 aliphatic carbocycles. The molecule has 0 aliphatic rings. The van der Waals surface area contributed by atoms with Gasteiger partial charge in [0.1, 0.15) is 5.15 Å². The van der Waals surface area contributed by atoms with Crippen LogP contribution in [0.15, 0.2) is 36.7 Å². The van der Waals surface area contributed by atoms with Gasteiger partial charge < -0.3 is 4.90 Å². The lowest BCUT2D eigenvalue weighted by Gasteiger charge is -2.17. The maximum absolute atomic E-state index is 10.9. The summed E-state index contributed by atoms with van der Waals surface area (Å²) in [6, 6.07) is 6.47. The van der Waals surface area contributed by atoms with E-state index in [1.54, 1.807) is 30.3 Å². The molecule has 0 unspecified atom stereocenters. The molecule has 2 aromatic rings. The van der Waals surface area contributed by atoms with E-state index in [0.717, 1.165) is 5.56 Å². The number of halogens is 1. The predicted octanol–water partition coefficient (Wildman–Crippen LogP) is 2.67. The monoisotopic (exact) mass is 278 g/mol. The maximum Gasteiger partial charge on any atom is 0.311 e. The van der Waals surface area contributed by atoms with Crippen LogP contribution >= 0.6 is 11.6 Å². The molecule has 0 aromatic carbocycles. The van der Waals surface area contributed by atoms with Crippen molar-refractivity contribution >= 4 is 23.1 Å². The summed E-state index contributed by atoms with van der Waals surface area (Å²) in [4.78, 5) is 20.2. The molecule has 0 saturated heterocycles. The van der Waals surface area contributed by atoms with Crippen LogP contribution in [-0.4, -0.2) is 21.9 Å². The summed E-state index contributed by atoms with van der Waals surface area (Å²) in [5, 5.41) is 11.3. The summed E-state index contributed by atoms with van der Waals surface area (Å²) in [5.41, 5.74) is 0.874. The summed E-state index contributed by atoms with van der Waals surface area (Å²) < 4.78 is 0. The fourth-order valence-corrected chi connectivity index (χ4v) is 1.79. The van der Waals surface area contributed by atoms with Gasteiger partial charge in [0.25, 0.3) is 0 Å². The Hall–Kier alpha value is -2.21. The number of nitrogens with zero attached hydrogens (tertiary/aromatic N) is 4. The highest BCUT2D eigenvalue weighted by molar-refractivity contribution is 6.29. The molecular formula is C12H11ClN4O2. The van der Waals surface area contributed by atoms with Crippen molar-refractivity contribution in [3.8, 4) is 0 Å². The van der Waals surface area contributed by atoms with Gasteiger partial charge in [-0.15, -0.1) is 0 Å². The van der Waals surface area contributed by atoms with Crippen molar-refractivity contribution in [3.05, 3.63) is 57.5 Å². The number of pyridine rings is 2. The molecule has 0 bridgehead atoms. The van der Waals surface area contributed by atoms with E-state index in [4.69, 9.17) is 11.6 Å². The van der Waals surface area contributed by atoms with Gasteiger partial charge in [-0.1, -0.05) is 17.7 Å². The molecule has 0 amide bonds. The second-order valence-corrected chi connectivity index (χ2v) is 4.34. The first-order valence-corrected chi connectivity index (χ1v) is 5.86. The number of aromatic nitrogens is 2. The van der Waals surface area contributed by atoms with E-state index in [2.05, 4.69) is 9.97 Å². The maximum atomic E-state index is 10.9. The highest BCUT2D eigenvalue weighted by Gasteiger charge is 2.17. The van der Waals surface area contributed by atoms with Crippen molar-refractivity contribution in [3.63, 3.8) is 0 Å².